The lowest BCUT2D eigenvalue weighted by Crippen LogP contribution is -2.30. The van der Waals surface area contributed by atoms with Crippen LogP contribution in [0.1, 0.15) is 34.0 Å². The van der Waals surface area contributed by atoms with Crippen molar-refractivity contribution in [1.29, 1.82) is 0 Å². The summed E-state index contributed by atoms with van der Waals surface area (Å²) in [5.74, 6) is 0.653. The molecule has 0 spiro atoms. The van der Waals surface area contributed by atoms with Crippen molar-refractivity contribution in [1.82, 2.24) is 10.5 Å². The van der Waals surface area contributed by atoms with E-state index in [-0.39, 0.29) is 18.4 Å². The maximum Gasteiger partial charge on any atom is 0.225 e. The van der Waals surface area contributed by atoms with Gasteiger partial charge in [-0.15, -0.1) is 0 Å². The molecule has 4 rings (SSSR count). The Hall–Kier alpha value is -3.57. The van der Waals surface area contributed by atoms with Crippen LogP contribution in [0.15, 0.2) is 89.6 Å². The normalized spacial score (nSPS) is 11.7. The summed E-state index contributed by atoms with van der Waals surface area (Å²) in [5, 5.41) is 7.65. The lowest BCUT2D eigenvalue weighted by atomic mass is 9.98. The molecule has 0 aliphatic carbocycles. The third kappa shape index (κ3) is 5.56. The number of aromatic nitrogens is 1. The first-order valence-corrected chi connectivity index (χ1v) is 10.7. The van der Waals surface area contributed by atoms with Gasteiger partial charge in [-0.1, -0.05) is 71.4 Å². The van der Waals surface area contributed by atoms with Gasteiger partial charge in [0.1, 0.15) is 18.6 Å². The van der Waals surface area contributed by atoms with Crippen molar-refractivity contribution in [3.63, 3.8) is 0 Å². The van der Waals surface area contributed by atoms with Gasteiger partial charge in [0.15, 0.2) is 0 Å². The molecule has 32 heavy (non-hydrogen) atoms. The van der Waals surface area contributed by atoms with E-state index in [1.165, 1.54) is 0 Å². The van der Waals surface area contributed by atoms with Crippen LogP contribution < -0.4 is 10.1 Å². The van der Waals surface area contributed by atoms with E-state index in [0.717, 1.165) is 33.7 Å². The van der Waals surface area contributed by atoms with Crippen molar-refractivity contribution >= 4 is 17.5 Å². The monoisotopic (exact) mass is 446 g/mol. The van der Waals surface area contributed by atoms with Gasteiger partial charge in [-0.3, -0.25) is 4.79 Å². The average molecular weight is 447 g/mol. The van der Waals surface area contributed by atoms with Gasteiger partial charge in [-0.25, -0.2) is 0 Å². The van der Waals surface area contributed by atoms with Crippen molar-refractivity contribution < 1.29 is 14.1 Å². The van der Waals surface area contributed by atoms with Crippen LogP contribution in [0.4, 0.5) is 0 Å². The number of carbonyl (C=O) groups excluding carboxylic acids is 1. The molecule has 6 heteroatoms. The van der Waals surface area contributed by atoms with Crippen LogP contribution in [-0.2, 0) is 17.8 Å². The average Bonchev–Trinajstić information content (AvgIpc) is 3.23. The Bertz CT molecular complexity index is 1160. The molecule has 0 bridgehead atoms. The number of hydrogen-bond donors (Lipinski definition) is 1. The topological polar surface area (TPSA) is 64.4 Å². The molecule has 0 radical (unpaired) electrons. The molecule has 0 fully saturated rings. The van der Waals surface area contributed by atoms with Gasteiger partial charge in [-0.05, 0) is 47.9 Å². The molecule has 0 aliphatic rings. The Morgan fingerprint density at radius 2 is 1.69 bits per heavy atom. The molecule has 4 aromatic rings. The van der Waals surface area contributed by atoms with Gasteiger partial charge in [0.05, 0.1) is 23.7 Å². The van der Waals surface area contributed by atoms with Gasteiger partial charge in [0.2, 0.25) is 5.91 Å². The summed E-state index contributed by atoms with van der Waals surface area (Å²) < 4.78 is 10.7. The van der Waals surface area contributed by atoms with Crippen molar-refractivity contribution in [2.24, 2.45) is 0 Å². The summed E-state index contributed by atoms with van der Waals surface area (Å²) in [5.41, 5.74) is 4.60. The highest BCUT2D eigenvalue weighted by atomic mass is 35.5. The Balaban J connectivity index is 1.40. The molecule has 1 heterocycles. The smallest absolute Gasteiger partial charge is 0.225 e. The maximum absolute atomic E-state index is 12.9. The molecule has 162 valence electrons. The highest BCUT2D eigenvalue weighted by molar-refractivity contribution is 6.30. The highest BCUT2D eigenvalue weighted by Gasteiger charge is 2.17. The Morgan fingerprint density at radius 1 is 1.00 bits per heavy atom. The molecule has 1 aromatic heterocycles. The molecule has 5 nitrogen and oxygen atoms in total. The molecule has 1 atom stereocenters. The number of amides is 1. The van der Waals surface area contributed by atoms with E-state index in [0.29, 0.717) is 11.6 Å². The van der Waals surface area contributed by atoms with Crippen LogP contribution in [0.2, 0.25) is 5.02 Å². The summed E-state index contributed by atoms with van der Waals surface area (Å²) in [4.78, 5) is 12.9. The van der Waals surface area contributed by atoms with Crippen molar-refractivity contribution in [2.75, 3.05) is 0 Å². The van der Waals surface area contributed by atoms with Gasteiger partial charge in [-0.2, -0.15) is 0 Å². The number of benzene rings is 3. The predicted molar refractivity (Wildman–Crippen MR) is 124 cm³/mol. The van der Waals surface area contributed by atoms with E-state index < -0.39 is 0 Å². The third-order valence-electron chi connectivity index (χ3n) is 5.17. The van der Waals surface area contributed by atoms with E-state index in [1.54, 1.807) is 6.26 Å². The molecule has 1 unspecified atom stereocenters. The van der Waals surface area contributed by atoms with Gasteiger partial charge in [0.25, 0.3) is 0 Å². The van der Waals surface area contributed by atoms with E-state index in [2.05, 4.69) is 10.5 Å². The third-order valence-corrected chi connectivity index (χ3v) is 5.43. The quantitative estimate of drug-likeness (QED) is 0.379. The van der Waals surface area contributed by atoms with Crippen molar-refractivity contribution in [3.8, 4) is 5.75 Å². The van der Waals surface area contributed by atoms with Crippen LogP contribution in [0.25, 0.3) is 0 Å². The molecule has 0 aliphatic heterocycles. The van der Waals surface area contributed by atoms with E-state index in [9.17, 15) is 4.79 Å². The van der Waals surface area contributed by atoms with Crippen molar-refractivity contribution in [3.05, 3.63) is 118 Å². The minimum absolute atomic E-state index is 0.0671. The van der Waals surface area contributed by atoms with E-state index in [4.69, 9.17) is 20.9 Å². The van der Waals surface area contributed by atoms with Gasteiger partial charge < -0.3 is 14.6 Å². The Kier molecular flexibility index (Phi) is 6.87. The number of nitrogens with one attached hydrogen (secondary N) is 1. The largest absolute Gasteiger partial charge is 0.489 e. The Labute approximate surface area is 192 Å². The SMILES string of the molecule is Cc1nocc1COc1ccc(CC(=O)NC(c2ccccc2)c2ccc(Cl)cc2)cc1. The van der Waals surface area contributed by atoms with Gasteiger partial charge in [0, 0.05) is 5.02 Å². The number of nitrogens with zero attached hydrogens (tertiary/aromatic N) is 1. The zero-order valence-corrected chi connectivity index (χ0v) is 18.4. The van der Waals surface area contributed by atoms with Crippen LogP contribution in [0.5, 0.6) is 5.75 Å². The first kappa shape index (κ1) is 21.7. The second-order valence-corrected chi connectivity index (χ2v) is 7.93. The standard InChI is InChI=1S/C26H23ClN2O3/c1-18-22(17-32-29-18)16-31-24-13-7-19(8-14-24)15-25(30)28-26(20-5-3-2-4-6-20)21-9-11-23(27)12-10-21/h2-14,17,26H,15-16H2,1H3,(H,28,30). The first-order chi connectivity index (χ1) is 15.6. The number of carbonyl (C=O) groups is 1. The van der Waals surface area contributed by atoms with Crippen LogP contribution >= 0.6 is 11.6 Å². The second kappa shape index (κ2) is 10.2. The number of hydrogen-bond acceptors (Lipinski definition) is 4. The lowest BCUT2D eigenvalue weighted by Gasteiger charge is -2.20. The minimum Gasteiger partial charge on any atom is -0.489 e. The summed E-state index contributed by atoms with van der Waals surface area (Å²) in [6.45, 7) is 2.26. The van der Waals surface area contributed by atoms with Crippen LogP contribution in [0, 0.1) is 6.92 Å². The highest BCUT2D eigenvalue weighted by Crippen LogP contribution is 2.24. The number of ether oxygens (including phenoxy) is 1. The van der Waals surface area contributed by atoms with E-state index >= 15 is 0 Å². The second-order valence-electron chi connectivity index (χ2n) is 7.50. The molecule has 1 N–H and O–H groups in total. The number of rotatable bonds is 8. The lowest BCUT2D eigenvalue weighted by molar-refractivity contribution is -0.120. The summed E-state index contributed by atoms with van der Waals surface area (Å²) in [6, 6.07) is 24.7. The fourth-order valence-electron chi connectivity index (χ4n) is 3.37. The summed E-state index contributed by atoms with van der Waals surface area (Å²) in [6.07, 6.45) is 1.85. The van der Waals surface area contributed by atoms with E-state index in [1.807, 2.05) is 85.8 Å². The predicted octanol–water partition coefficient (Wildman–Crippen LogP) is 5.66. The summed E-state index contributed by atoms with van der Waals surface area (Å²) in [7, 11) is 0. The Morgan fingerprint density at radius 3 is 2.34 bits per heavy atom. The molecule has 0 saturated heterocycles. The molecule has 0 saturated carbocycles. The fraction of sp³-hybridized carbons (Fsp3) is 0.154. The summed E-state index contributed by atoms with van der Waals surface area (Å²) >= 11 is 6.04. The molecule has 1 amide bonds. The first-order valence-electron chi connectivity index (χ1n) is 10.3. The molecule has 3 aromatic carbocycles. The van der Waals surface area contributed by atoms with Crippen molar-refractivity contribution in [2.45, 2.75) is 26.0 Å². The number of halogens is 1. The molecular weight excluding hydrogens is 424 g/mol. The van der Waals surface area contributed by atoms with Gasteiger partial charge >= 0.3 is 0 Å². The van der Waals surface area contributed by atoms with Crippen LogP contribution in [-0.4, -0.2) is 11.1 Å². The maximum atomic E-state index is 12.9. The number of aryl methyl sites for hydroxylation is 1. The minimum atomic E-state index is -0.254. The fourth-order valence-corrected chi connectivity index (χ4v) is 3.50. The zero-order valence-electron chi connectivity index (χ0n) is 17.6. The van der Waals surface area contributed by atoms with Crippen LogP contribution in [0.3, 0.4) is 0 Å². The molecular formula is C26H23ClN2O3. The zero-order chi connectivity index (χ0) is 22.3.